The molecule has 1 atom stereocenters. The third kappa shape index (κ3) is 2.88. The Balaban J connectivity index is 1.81. The van der Waals surface area contributed by atoms with Gasteiger partial charge in [-0.25, -0.2) is 0 Å². The van der Waals surface area contributed by atoms with Crippen LogP contribution < -0.4 is 9.47 Å². The molecule has 0 aromatic heterocycles. The number of nitrogens with zero attached hydrogens (tertiary/aromatic N) is 1. The smallest absolute Gasteiger partial charge is 0.167 e. The Morgan fingerprint density at radius 1 is 1.38 bits per heavy atom. The van der Waals surface area contributed by atoms with Gasteiger partial charge in [0.05, 0.1) is 7.11 Å². The average molecular weight is 286 g/mol. The lowest BCUT2D eigenvalue weighted by Crippen LogP contribution is -2.17. The Morgan fingerprint density at radius 3 is 2.62 bits per heavy atom. The van der Waals surface area contributed by atoms with Crippen molar-refractivity contribution in [1.82, 2.24) is 0 Å². The van der Waals surface area contributed by atoms with Gasteiger partial charge in [-0.1, -0.05) is 5.16 Å². The molecule has 0 spiro atoms. The molecule has 1 aliphatic heterocycles. The summed E-state index contributed by atoms with van der Waals surface area (Å²) in [5.41, 5.74) is 0. The highest BCUT2D eigenvalue weighted by Gasteiger charge is 2.19. The standard InChI is InChI=1S/C11H12BrNO3/c1-14-8-2-4-9(5-3-8)15-7-10-6-11(12)13-16-10/h2-5,10H,6-7H2,1H3/t10-/m1/s1. The van der Waals surface area contributed by atoms with Crippen molar-refractivity contribution in [3.8, 4) is 11.5 Å². The van der Waals surface area contributed by atoms with Crippen LogP contribution in [0.25, 0.3) is 0 Å². The second-order valence-corrected chi connectivity index (χ2v) is 4.30. The van der Waals surface area contributed by atoms with Gasteiger partial charge in [-0.3, -0.25) is 0 Å². The van der Waals surface area contributed by atoms with Crippen molar-refractivity contribution >= 4 is 20.6 Å². The zero-order valence-corrected chi connectivity index (χ0v) is 10.4. The largest absolute Gasteiger partial charge is 0.497 e. The fraction of sp³-hybridized carbons (Fsp3) is 0.364. The first-order valence-electron chi connectivity index (χ1n) is 4.93. The molecule has 5 heteroatoms. The minimum atomic E-state index is -0.00326. The fourth-order valence-corrected chi connectivity index (χ4v) is 1.79. The van der Waals surface area contributed by atoms with Crippen LogP contribution in [0.15, 0.2) is 29.4 Å². The average Bonchev–Trinajstić information content (AvgIpc) is 2.73. The third-order valence-corrected chi connectivity index (χ3v) is 2.66. The van der Waals surface area contributed by atoms with E-state index in [-0.39, 0.29) is 6.10 Å². The summed E-state index contributed by atoms with van der Waals surface area (Å²) in [5.74, 6) is 1.61. The lowest BCUT2D eigenvalue weighted by atomic mass is 10.3. The van der Waals surface area contributed by atoms with Crippen LogP contribution in [-0.4, -0.2) is 24.4 Å². The van der Waals surface area contributed by atoms with Gasteiger partial charge in [-0.2, -0.15) is 0 Å². The van der Waals surface area contributed by atoms with Crippen LogP contribution in [0.5, 0.6) is 11.5 Å². The van der Waals surface area contributed by atoms with E-state index in [0.717, 1.165) is 22.5 Å². The molecular formula is C11H12BrNO3. The molecule has 86 valence electrons. The van der Waals surface area contributed by atoms with Gasteiger partial charge in [0.15, 0.2) is 6.10 Å². The molecule has 1 aromatic carbocycles. The zero-order valence-electron chi connectivity index (χ0n) is 8.85. The van der Waals surface area contributed by atoms with Crippen LogP contribution in [0.2, 0.25) is 0 Å². The van der Waals surface area contributed by atoms with Crippen LogP contribution in [0.4, 0.5) is 0 Å². The summed E-state index contributed by atoms with van der Waals surface area (Å²) >= 11 is 3.28. The summed E-state index contributed by atoms with van der Waals surface area (Å²) in [7, 11) is 1.64. The topological polar surface area (TPSA) is 40.0 Å². The molecule has 0 saturated heterocycles. The number of halogens is 1. The van der Waals surface area contributed by atoms with Crippen molar-refractivity contribution in [1.29, 1.82) is 0 Å². The van der Waals surface area contributed by atoms with Gasteiger partial charge in [-0.05, 0) is 40.2 Å². The molecule has 1 aromatic rings. The predicted octanol–water partition coefficient (Wildman–Crippen LogP) is 2.57. The Bertz CT molecular complexity index is 377. The molecule has 1 heterocycles. The molecule has 2 rings (SSSR count). The third-order valence-electron chi connectivity index (χ3n) is 2.19. The van der Waals surface area contributed by atoms with E-state index in [1.807, 2.05) is 24.3 Å². The maximum absolute atomic E-state index is 5.56. The minimum Gasteiger partial charge on any atom is -0.497 e. The Kier molecular flexibility index (Phi) is 3.66. The van der Waals surface area contributed by atoms with Gasteiger partial charge >= 0.3 is 0 Å². The summed E-state index contributed by atoms with van der Waals surface area (Å²) in [6, 6.07) is 7.45. The van der Waals surface area contributed by atoms with Crippen LogP contribution in [0.3, 0.4) is 0 Å². The summed E-state index contributed by atoms with van der Waals surface area (Å²) in [5, 5.41) is 3.79. The Labute approximate surface area is 102 Å². The van der Waals surface area contributed by atoms with E-state index >= 15 is 0 Å². The second-order valence-electron chi connectivity index (χ2n) is 3.39. The summed E-state index contributed by atoms with van der Waals surface area (Å²) in [4.78, 5) is 5.12. The summed E-state index contributed by atoms with van der Waals surface area (Å²) in [6.45, 7) is 0.491. The molecular weight excluding hydrogens is 274 g/mol. The molecule has 0 saturated carbocycles. The van der Waals surface area contributed by atoms with Crippen molar-refractivity contribution < 1.29 is 14.3 Å². The summed E-state index contributed by atoms with van der Waals surface area (Å²) < 4.78 is 11.4. The van der Waals surface area contributed by atoms with Crippen molar-refractivity contribution in [2.45, 2.75) is 12.5 Å². The van der Waals surface area contributed by atoms with Crippen molar-refractivity contribution in [2.75, 3.05) is 13.7 Å². The predicted molar refractivity (Wildman–Crippen MR) is 64.3 cm³/mol. The van der Waals surface area contributed by atoms with Crippen LogP contribution in [0, 0.1) is 0 Å². The number of ether oxygens (including phenoxy) is 2. The number of hydrogen-bond donors (Lipinski definition) is 0. The van der Waals surface area contributed by atoms with E-state index in [4.69, 9.17) is 14.3 Å². The maximum atomic E-state index is 5.56. The molecule has 0 radical (unpaired) electrons. The number of rotatable bonds is 4. The van der Waals surface area contributed by atoms with Crippen molar-refractivity contribution in [2.24, 2.45) is 5.16 Å². The van der Waals surface area contributed by atoms with Crippen LogP contribution >= 0.6 is 15.9 Å². The lowest BCUT2D eigenvalue weighted by Gasteiger charge is -2.10. The van der Waals surface area contributed by atoms with Crippen LogP contribution in [0.1, 0.15) is 6.42 Å². The molecule has 0 unspecified atom stereocenters. The number of hydrogen-bond acceptors (Lipinski definition) is 4. The quantitative estimate of drug-likeness (QED) is 0.854. The van der Waals surface area contributed by atoms with Gasteiger partial charge in [-0.15, -0.1) is 0 Å². The Hall–Kier alpha value is -1.23. The zero-order chi connectivity index (χ0) is 11.4. The monoisotopic (exact) mass is 285 g/mol. The first kappa shape index (κ1) is 11.3. The highest BCUT2D eigenvalue weighted by Crippen LogP contribution is 2.19. The van der Waals surface area contributed by atoms with E-state index in [1.165, 1.54) is 0 Å². The van der Waals surface area contributed by atoms with E-state index < -0.39 is 0 Å². The molecule has 0 fully saturated rings. The van der Waals surface area contributed by atoms with E-state index in [2.05, 4.69) is 21.1 Å². The molecule has 0 bridgehead atoms. The second kappa shape index (κ2) is 5.21. The summed E-state index contributed by atoms with van der Waals surface area (Å²) in [6.07, 6.45) is 0.757. The van der Waals surface area contributed by atoms with Crippen molar-refractivity contribution in [3.63, 3.8) is 0 Å². The first-order valence-corrected chi connectivity index (χ1v) is 5.72. The van der Waals surface area contributed by atoms with Crippen molar-refractivity contribution in [3.05, 3.63) is 24.3 Å². The molecule has 1 aliphatic rings. The molecule has 0 N–H and O–H groups in total. The van der Waals surface area contributed by atoms with Gasteiger partial charge < -0.3 is 14.3 Å². The highest BCUT2D eigenvalue weighted by atomic mass is 79.9. The molecule has 16 heavy (non-hydrogen) atoms. The molecule has 0 aliphatic carbocycles. The van der Waals surface area contributed by atoms with E-state index in [0.29, 0.717) is 6.61 Å². The highest BCUT2D eigenvalue weighted by molar-refractivity contribution is 9.18. The van der Waals surface area contributed by atoms with Gasteiger partial charge in [0.25, 0.3) is 0 Å². The lowest BCUT2D eigenvalue weighted by molar-refractivity contribution is 0.0471. The maximum Gasteiger partial charge on any atom is 0.167 e. The SMILES string of the molecule is COc1ccc(OC[C@H]2CC(Br)=NO2)cc1. The van der Waals surface area contributed by atoms with Gasteiger partial charge in [0.1, 0.15) is 22.7 Å². The normalized spacial score (nSPS) is 18.9. The van der Waals surface area contributed by atoms with Gasteiger partial charge in [0.2, 0.25) is 0 Å². The number of methoxy groups -OCH3 is 1. The first-order chi connectivity index (χ1) is 7.78. The minimum absolute atomic E-state index is 0.00326. The molecule has 4 nitrogen and oxygen atoms in total. The van der Waals surface area contributed by atoms with Gasteiger partial charge in [0, 0.05) is 6.42 Å². The number of oxime groups is 1. The fourth-order valence-electron chi connectivity index (χ4n) is 1.34. The van der Waals surface area contributed by atoms with E-state index in [9.17, 15) is 0 Å². The number of benzene rings is 1. The Morgan fingerprint density at radius 2 is 2.06 bits per heavy atom. The van der Waals surface area contributed by atoms with Crippen LogP contribution in [-0.2, 0) is 4.84 Å². The van der Waals surface area contributed by atoms with E-state index in [1.54, 1.807) is 7.11 Å². The molecule has 0 amide bonds.